The zero-order valence-corrected chi connectivity index (χ0v) is 16.3. The number of halogens is 4. The number of hydrogen-bond donors (Lipinski definition) is 4. The molecule has 0 aliphatic heterocycles. The summed E-state index contributed by atoms with van der Waals surface area (Å²) in [6, 6.07) is -0.391. The molecule has 0 bridgehead atoms. The van der Waals surface area contributed by atoms with Gasteiger partial charge in [-0.2, -0.15) is 21.6 Å². The number of carbonyl (C=O) groups is 3. The molecule has 162 valence electrons. The van der Waals surface area contributed by atoms with Gasteiger partial charge in [0.25, 0.3) is 10.0 Å². The van der Waals surface area contributed by atoms with E-state index in [2.05, 4.69) is 10.7 Å². The van der Waals surface area contributed by atoms with Gasteiger partial charge in [-0.25, -0.2) is 32.2 Å². The van der Waals surface area contributed by atoms with Gasteiger partial charge < -0.3 is 0 Å². The van der Waals surface area contributed by atoms with Crippen molar-refractivity contribution in [2.75, 3.05) is 0 Å². The van der Waals surface area contributed by atoms with Gasteiger partial charge in [-0.15, -0.1) is 0 Å². The third-order valence-electron chi connectivity index (χ3n) is 2.84. The minimum atomic E-state index is -4.69. The SMILES string of the molecule is O=C(NC(=O)NS(=O)(=O)Cl)NC(=O)NS(=O)(=O)c1ccccc1CCC(F)(F)F. The smallest absolute Gasteiger partial charge is 0.259 e. The molecule has 11 nitrogen and oxygen atoms in total. The van der Waals surface area contributed by atoms with Crippen LogP contribution in [0.25, 0.3) is 0 Å². The van der Waals surface area contributed by atoms with Crippen molar-refractivity contribution in [3.05, 3.63) is 29.8 Å². The van der Waals surface area contributed by atoms with E-state index >= 15 is 0 Å². The van der Waals surface area contributed by atoms with E-state index in [0.717, 1.165) is 16.9 Å². The fourth-order valence-corrected chi connectivity index (χ4v) is 3.49. The van der Waals surface area contributed by atoms with Crippen molar-refractivity contribution < 1.29 is 44.4 Å². The third-order valence-corrected chi connectivity index (χ3v) is 4.93. The Morgan fingerprint density at radius 1 is 0.897 bits per heavy atom. The maximum absolute atomic E-state index is 12.4. The molecular formula is C12H12ClF3N4O7S2. The zero-order valence-electron chi connectivity index (χ0n) is 13.9. The van der Waals surface area contributed by atoms with Gasteiger partial charge in [0.15, 0.2) is 0 Å². The Kier molecular flexibility index (Phi) is 7.82. The van der Waals surface area contributed by atoms with Gasteiger partial charge in [0.1, 0.15) is 0 Å². The van der Waals surface area contributed by atoms with E-state index in [0.29, 0.717) is 0 Å². The molecule has 0 spiro atoms. The van der Waals surface area contributed by atoms with E-state index in [-0.39, 0.29) is 5.56 Å². The molecule has 0 radical (unpaired) electrons. The lowest BCUT2D eigenvalue weighted by Gasteiger charge is -2.13. The largest absolute Gasteiger partial charge is 0.389 e. The highest BCUT2D eigenvalue weighted by molar-refractivity contribution is 8.12. The molecule has 29 heavy (non-hydrogen) atoms. The second kappa shape index (κ2) is 9.27. The number of alkyl halides is 3. The van der Waals surface area contributed by atoms with Gasteiger partial charge in [0.2, 0.25) is 0 Å². The highest BCUT2D eigenvalue weighted by Gasteiger charge is 2.29. The van der Waals surface area contributed by atoms with Crippen LogP contribution in [0.15, 0.2) is 29.2 Å². The molecule has 0 fully saturated rings. The molecule has 0 aliphatic rings. The van der Waals surface area contributed by atoms with E-state index in [4.69, 9.17) is 0 Å². The molecule has 0 atom stereocenters. The average Bonchev–Trinajstić information content (AvgIpc) is 2.49. The van der Waals surface area contributed by atoms with Crippen LogP contribution in [0.3, 0.4) is 0 Å². The van der Waals surface area contributed by atoms with Crippen molar-refractivity contribution in [3.63, 3.8) is 0 Å². The topological polar surface area (TPSA) is 168 Å². The van der Waals surface area contributed by atoms with Crippen LogP contribution in [0.2, 0.25) is 0 Å². The van der Waals surface area contributed by atoms with E-state index < -0.39 is 61.3 Å². The number of sulfonamides is 1. The van der Waals surface area contributed by atoms with Crippen molar-refractivity contribution in [1.82, 2.24) is 20.1 Å². The van der Waals surface area contributed by atoms with E-state index in [9.17, 15) is 44.4 Å². The molecule has 0 heterocycles. The van der Waals surface area contributed by atoms with E-state index in [1.165, 1.54) is 27.5 Å². The summed E-state index contributed by atoms with van der Waals surface area (Å²) in [4.78, 5) is 33.4. The molecule has 0 aromatic heterocycles. The Bertz CT molecular complexity index is 1010. The summed E-state index contributed by atoms with van der Waals surface area (Å²) in [7, 11) is -4.54. The van der Waals surface area contributed by atoms with Crippen LogP contribution in [-0.4, -0.2) is 41.1 Å². The van der Waals surface area contributed by atoms with Gasteiger partial charge in [-0.05, 0) is 18.1 Å². The first-order valence-electron chi connectivity index (χ1n) is 7.15. The van der Waals surface area contributed by atoms with E-state index in [1.54, 1.807) is 0 Å². The van der Waals surface area contributed by atoms with Crippen molar-refractivity contribution in [2.45, 2.75) is 23.9 Å². The number of hydrogen-bond acceptors (Lipinski definition) is 7. The highest BCUT2D eigenvalue weighted by atomic mass is 35.7. The van der Waals surface area contributed by atoms with Gasteiger partial charge in [-0.3, -0.25) is 10.6 Å². The molecule has 0 saturated carbocycles. The number of carbonyl (C=O) groups excluding carboxylic acids is 3. The van der Waals surface area contributed by atoms with Crippen LogP contribution in [0, 0.1) is 0 Å². The van der Waals surface area contributed by atoms with Crippen LogP contribution < -0.4 is 20.1 Å². The first kappa shape index (κ1) is 24.4. The minimum Gasteiger partial charge on any atom is -0.259 e. The van der Waals surface area contributed by atoms with Crippen LogP contribution >= 0.6 is 10.7 Å². The molecule has 6 amide bonds. The molecule has 0 unspecified atom stereocenters. The van der Waals surface area contributed by atoms with Crippen LogP contribution in [0.1, 0.15) is 12.0 Å². The van der Waals surface area contributed by atoms with Crippen molar-refractivity contribution in [3.8, 4) is 0 Å². The Morgan fingerprint density at radius 3 is 1.93 bits per heavy atom. The number of imide groups is 2. The fourth-order valence-electron chi connectivity index (χ4n) is 1.83. The highest BCUT2D eigenvalue weighted by Crippen LogP contribution is 2.24. The molecule has 1 rings (SSSR count). The summed E-state index contributed by atoms with van der Waals surface area (Å²) in [6.07, 6.45) is -6.54. The third kappa shape index (κ3) is 9.44. The summed E-state index contributed by atoms with van der Waals surface area (Å²) < 4.78 is 85.2. The number of nitrogens with one attached hydrogen (secondary N) is 4. The standard InChI is InChI=1S/C12H12ClF3N4O7S2/c13-29(26,27)20-11(23)18-9(21)17-10(22)19-28(24,25)8-4-2-1-3-7(8)5-6-12(14,15)16/h1-4H,5-6H2,(H4,17,18,19,20,21,22,23). The second-order valence-corrected chi connectivity index (χ2v) is 9.06. The predicted molar refractivity (Wildman–Crippen MR) is 91.5 cm³/mol. The summed E-state index contributed by atoms with van der Waals surface area (Å²) in [5.74, 6) is 0. The molecule has 0 saturated heterocycles. The number of aryl methyl sites for hydroxylation is 1. The number of amides is 6. The summed E-state index contributed by atoms with van der Waals surface area (Å²) in [5, 5.41) is 2.64. The monoisotopic (exact) mass is 480 g/mol. The molecule has 0 aliphatic carbocycles. The fraction of sp³-hybridized carbons (Fsp3) is 0.250. The van der Waals surface area contributed by atoms with Gasteiger partial charge >= 0.3 is 33.5 Å². The maximum Gasteiger partial charge on any atom is 0.389 e. The van der Waals surface area contributed by atoms with Crippen molar-refractivity contribution in [1.29, 1.82) is 0 Å². The summed E-state index contributed by atoms with van der Waals surface area (Å²) >= 11 is 0. The van der Waals surface area contributed by atoms with Gasteiger partial charge in [0.05, 0.1) is 4.90 Å². The lowest BCUT2D eigenvalue weighted by molar-refractivity contribution is -0.134. The Balaban J connectivity index is 2.81. The second-order valence-electron chi connectivity index (χ2n) is 5.11. The van der Waals surface area contributed by atoms with Crippen molar-refractivity contribution >= 4 is 48.0 Å². The molecular weight excluding hydrogens is 469 g/mol. The Labute approximate surface area is 166 Å². The quantitative estimate of drug-likeness (QED) is 0.457. The number of urea groups is 3. The van der Waals surface area contributed by atoms with E-state index in [1.807, 2.05) is 0 Å². The first-order chi connectivity index (χ1) is 13.1. The molecule has 4 N–H and O–H groups in total. The maximum atomic E-state index is 12.4. The predicted octanol–water partition coefficient (Wildman–Crippen LogP) is 1.07. The van der Waals surface area contributed by atoms with Crippen LogP contribution in [0.5, 0.6) is 0 Å². The number of rotatable bonds is 5. The van der Waals surface area contributed by atoms with Crippen molar-refractivity contribution in [2.24, 2.45) is 0 Å². The normalized spacial score (nSPS) is 12.0. The molecule has 1 aromatic carbocycles. The van der Waals surface area contributed by atoms with Gasteiger partial charge in [0, 0.05) is 17.1 Å². The average molecular weight is 481 g/mol. The van der Waals surface area contributed by atoms with Crippen LogP contribution in [-0.2, 0) is 25.7 Å². The van der Waals surface area contributed by atoms with Crippen LogP contribution in [0.4, 0.5) is 27.6 Å². The Hall–Kier alpha value is -2.59. The lowest BCUT2D eigenvalue weighted by Crippen LogP contribution is -2.50. The molecule has 17 heteroatoms. The Morgan fingerprint density at radius 2 is 1.41 bits per heavy atom. The minimum absolute atomic E-state index is 0.235. The first-order valence-corrected chi connectivity index (χ1v) is 10.9. The van der Waals surface area contributed by atoms with Gasteiger partial charge in [-0.1, -0.05) is 18.2 Å². The molecule has 1 aromatic rings. The summed E-state index contributed by atoms with van der Waals surface area (Å²) in [5.41, 5.74) is -0.235. The zero-order chi connectivity index (χ0) is 22.5. The summed E-state index contributed by atoms with van der Waals surface area (Å²) in [6.45, 7) is 0. The number of benzene rings is 1. The lowest BCUT2D eigenvalue weighted by atomic mass is 10.1.